The second-order valence-electron chi connectivity index (χ2n) is 3.05. The molecule has 9 nitrogen and oxygen atoms in total. The minimum absolute atomic E-state index is 0. The van der Waals surface area contributed by atoms with E-state index >= 15 is 0 Å². The van der Waals surface area contributed by atoms with Gasteiger partial charge in [0.2, 0.25) is 0 Å². The molecule has 1 radical (unpaired) electrons. The van der Waals surface area contributed by atoms with Gasteiger partial charge < -0.3 is 35.6 Å². The van der Waals surface area contributed by atoms with Gasteiger partial charge in [0.05, 0.1) is 12.6 Å². The Labute approximate surface area is 119 Å². The average molecular weight is 282 g/mol. The summed E-state index contributed by atoms with van der Waals surface area (Å²) in [5.41, 5.74) is 5.05. The summed E-state index contributed by atoms with van der Waals surface area (Å²) < 4.78 is 14.1. The number of rotatable bonds is 7. The molecule has 0 aliphatic heterocycles. The fraction of sp³-hybridized carbons (Fsp3) is 0.833. The van der Waals surface area contributed by atoms with Gasteiger partial charge in [0.1, 0.15) is 24.6 Å². The molecule has 4 atom stereocenters. The maximum atomic E-state index is 10.3. The van der Waals surface area contributed by atoms with Crippen LogP contribution in [0.4, 0.5) is 0 Å². The molecule has 0 fully saturated rings. The number of hydrogen-bond donors (Lipinski definition) is 6. The van der Waals surface area contributed by atoms with Crippen molar-refractivity contribution in [3.8, 4) is 0 Å². The van der Waals surface area contributed by atoms with Crippen LogP contribution in [-0.4, -0.2) is 91.9 Å². The van der Waals surface area contributed by atoms with Gasteiger partial charge in [-0.25, -0.2) is 4.57 Å². The van der Waals surface area contributed by atoms with Gasteiger partial charge in [-0.2, -0.15) is 0 Å². The van der Waals surface area contributed by atoms with Crippen molar-refractivity contribution in [1.29, 1.82) is 0 Å². The molecule has 7 N–H and O–H groups in total. The van der Waals surface area contributed by atoms with E-state index in [9.17, 15) is 19.6 Å². The van der Waals surface area contributed by atoms with E-state index in [1.807, 2.05) is 0 Å². The summed E-state index contributed by atoms with van der Waals surface area (Å²) in [4.78, 5) is 26.7. The predicted octanol–water partition coefficient (Wildman–Crippen LogP) is -3.68. The number of carbonyl (C=O) groups excluding carboxylic acids is 1. The first-order chi connectivity index (χ1) is 7.19. The summed E-state index contributed by atoms with van der Waals surface area (Å²) >= 11 is 0. The molecular formula is C6H14NNaO8P. The van der Waals surface area contributed by atoms with E-state index in [2.05, 4.69) is 4.52 Å². The van der Waals surface area contributed by atoms with Gasteiger partial charge in [-0.15, -0.1) is 0 Å². The van der Waals surface area contributed by atoms with Crippen molar-refractivity contribution in [1.82, 2.24) is 0 Å². The molecule has 0 bridgehead atoms. The molecular weight excluding hydrogens is 268 g/mol. The van der Waals surface area contributed by atoms with E-state index in [0.29, 0.717) is 0 Å². The molecule has 0 aliphatic rings. The number of aldehydes is 1. The molecule has 0 amide bonds. The van der Waals surface area contributed by atoms with Gasteiger partial charge in [-0.05, 0) is 0 Å². The van der Waals surface area contributed by atoms with Crippen LogP contribution in [0.2, 0.25) is 0 Å². The van der Waals surface area contributed by atoms with Crippen molar-refractivity contribution >= 4 is 43.7 Å². The summed E-state index contributed by atoms with van der Waals surface area (Å²) in [6.07, 6.45) is -5.24. The first kappa shape index (κ1) is 19.9. The first-order valence-corrected chi connectivity index (χ1v) is 5.67. The number of phosphoric ester groups is 1. The number of carbonyl (C=O) groups is 1. The monoisotopic (exact) mass is 282 g/mol. The summed E-state index contributed by atoms with van der Waals surface area (Å²) in [6, 6.07) is -1.42. The maximum Gasteiger partial charge on any atom is 0.469 e. The van der Waals surface area contributed by atoms with Crippen molar-refractivity contribution in [2.75, 3.05) is 6.61 Å². The van der Waals surface area contributed by atoms with Crippen LogP contribution in [0, 0.1) is 0 Å². The van der Waals surface area contributed by atoms with E-state index in [1.165, 1.54) is 0 Å². The molecule has 0 heterocycles. The molecule has 0 aliphatic carbocycles. The van der Waals surface area contributed by atoms with Crippen LogP contribution in [0.3, 0.4) is 0 Å². The summed E-state index contributed by atoms with van der Waals surface area (Å²) in [5.74, 6) is 0. The van der Waals surface area contributed by atoms with Crippen LogP contribution in [0.15, 0.2) is 0 Å². The minimum Gasteiger partial charge on any atom is -0.388 e. The van der Waals surface area contributed by atoms with Crippen molar-refractivity contribution in [2.24, 2.45) is 5.73 Å². The largest absolute Gasteiger partial charge is 0.469 e. The Morgan fingerprint density at radius 2 is 1.71 bits per heavy atom. The third-order valence-electron chi connectivity index (χ3n) is 1.71. The zero-order chi connectivity index (χ0) is 12.9. The van der Waals surface area contributed by atoms with Gasteiger partial charge in [-0.1, -0.05) is 0 Å². The summed E-state index contributed by atoms with van der Waals surface area (Å²) in [6.45, 7) is -0.909. The molecule has 0 saturated carbocycles. The van der Waals surface area contributed by atoms with Gasteiger partial charge in [0.25, 0.3) is 0 Å². The fourth-order valence-electron chi connectivity index (χ4n) is 0.808. The third-order valence-corrected chi connectivity index (χ3v) is 2.19. The molecule has 0 rings (SSSR count). The standard InChI is InChI=1S/C6H14NO8P.Na/c7-3(1-8)5(10)6(11)4(9)2-15-16(12,13)14;/h1,3-6,9-11H,2,7H2,(H2,12,13,14);. The topological polar surface area (TPSA) is 171 Å². The smallest absolute Gasteiger partial charge is 0.388 e. The number of aliphatic hydroxyl groups is 3. The number of phosphoric acid groups is 1. The third kappa shape index (κ3) is 8.36. The van der Waals surface area contributed by atoms with Crippen LogP contribution in [0.25, 0.3) is 0 Å². The molecule has 0 spiro atoms. The van der Waals surface area contributed by atoms with Crippen molar-refractivity contribution in [2.45, 2.75) is 24.4 Å². The molecule has 0 saturated heterocycles. The summed E-state index contributed by atoms with van der Waals surface area (Å²) in [7, 11) is -4.77. The quantitative estimate of drug-likeness (QED) is 0.156. The van der Waals surface area contributed by atoms with Crippen molar-refractivity contribution in [3.05, 3.63) is 0 Å². The van der Waals surface area contributed by atoms with E-state index in [0.717, 1.165) is 0 Å². The minimum atomic E-state index is -4.77. The Bertz CT molecular complexity index is 273. The number of aliphatic hydroxyl groups excluding tert-OH is 3. The molecule has 4 unspecified atom stereocenters. The number of nitrogens with two attached hydrogens (primary N) is 1. The molecule has 0 aromatic rings. The van der Waals surface area contributed by atoms with Gasteiger partial charge >= 0.3 is 7.82 Å². The molecule has 0 aromatic carbocycles. The molecule has 97 valence electrons. The Morgan fingerprint density at radius 1 is 1.24 bits per heavy atom. The van der Waals surface area contributed by atoms with E-state index < -0.39 is 38.8 Å². The molecule has 17 heavy (non-hydrogen) atoms. The van der Waals surface area contributed by atoms with Crippen LogP contribution in [0.5, 0.6) is 0 Å². The second kappa shape index (κ2) is 8.68. The maximum absolute atomic E-state index is 10.3. The van der Waals surface area contributed by atoms with Crippen LogP contribution < -0.4 is 5.73 Å². The van der Waals surface area contributed by atoms with Crippen molar-refractivity contribution < 1.29 is 39.0 Å². The Morgan fingerprint density at radius 3 is 2.06 bits per heavy atom. The Balaban J connectivity index is 0. The molecule has 11 heteroatoms. The Hall–Kier alpha value is 0.620. The van der Waals surface area contributed by atoms with Gasteiger partial charge in [0.15, 0.2) is 0 Å². The first-order valence-electron chi connectivity index (χ1n) is 4.14. The van der Waals surface area contributed by atoms with E-state index in [1.54, 1.807) is 0 Å². The Kier molecular flexibility index (Phi) is 10.2. The predicted molar refractivity (Wildman–Crippen MR) is 55.8 cm³/mol. The van der Waals surface area contributed by atoms with Crippen LogP contribution >= 0.6 is 7.82 Å². The van der Waals surface area contributed by atoms with Crippen LogP contribution in [0.1, 0.15) is 0 Å². The zero-order valence-electron chi connectivity index (χ0n) is 9.08. The van der Waals surface area contributed by atoms with Gasteiger partial charge in [-0.3, -0.25) is 4.52 Å². The second-order valence-corrected chi connectivity index (χ2v) is 4.29. The number of hydrogen-bond acceptors (Lipinski definition) is 7. The zero-order valence-corrected chi connectivity index (χ0v) is 12.0. The van der Waals surface area contributed by atoms with E-state index in [-0.39, 0.29) is 35.8 Å². The summed E-state index contributed by atoms with van der Waals surface area (Å²) in [5, 5.41) is 27.5. The average Bonchev–Trinajstić information content (AvgIpc) is 2.21. The van der Waals surface area contributed by atoms with Gasteiger partial charge in [0, 0.05) is 29.6 Å². The van der Waals surface area contributed by atoms with Crippen LogP contribution in [-0.2, 0) is 13.9 Å². The van der Waals surface area contributed by atoms with Crippen molar-refractivity contribution in [3.63, 3.8) is 0 Å². The fourth-order valence-corrected chi connectivity index (χ4v) is 1.15. The van der Waals surface area contributed by atoms with E-state index in [4.69, 9.17) is 20.6 Å². The molecule has 0 aromatic heterocycles. The normalized spacial score (nSPS) is 18.7. The SMILES string of the molecule is NC(C=O)C(O)C(O)C(O)COP(=O)(O)O.[Na].